The van der Waals surface area contributed by atoms with Crippen LogP contribution in [0.2, 0.25) is 5.02 Å². The minimum Gasteiger partial charge on any atom is -0.357 e. The Kier molecular flexibility index (Phi) is 4.06. The van der Waals surface area contributed by atoms with Crippen molar-refractivity contribution in [2.24, 2.45) is 5.41 Å². The summed E-state index contributed by atoms with van der Waals surface area (Å²) >= 11 is 6.06. The van der Waals surface area contributed by atoms with Gasteiger partial charge < -0.3 is 9.42 Å². The average Bonchev–Trinajstić information content (AvgIpc) is 3.20. The Bertz CT molecular complexity index is 1050. The quantitative estimate of drug-likeness (QED) is 0.657. The minimum atomic E-state index is 0.265. The number of anilines is 1. The first-order valence-corrected chi connectivity index (χ1v) is 9.75. The van der Waals surface area contributed by atoms with Crippen LogP contribution in [0, 0.1) is 16.7 Å². The van der Waals surface area contributed by atoms with Crippen LogP contribution in [0.4, 0.5) is 5.82 Å². The topological polar surface area (TPSA) is 78.8 Å². The summed E-state index contributed by atoms with van der Waals surface area (Å²) < 4.78 is 5.59. The first kappa shape index (κ1) is 17.2. The maximum Gasteiger partial charge on any atom is 0.230 e. The molecule has 0 amide bonds. The van der Waals surface area contributed by atoms with Gasteiger partial charge in [-0.1, -0.05) is 28.9 Å². The van der Waals surface area contributed by atoms with Gasteiger partial charge in [0.15, 0.2) is 0 Å². The molecule has 2 fully saturated rings. The highest BCUT2D eigenvalue weighted by atomic mass is 35.5. The van der Waals surface area contributed by atoms with Gasteiger partial charge in [-0.25, -0.2) is 4.98 Å². The predicted molar refractivity (Wildman–Crippen MR) is 105 cm³/mol. The second kappa shape index (κ2) is 6.61. The number of halogens is 1. The number of hydrogen-bond donors (Lipinski definition) is 0. The van der Waals surface area contributed by atoms with Gasteiger partial charge in [0.2, 0.25) is 11.7 Å². The molecule has 6 nitrogen and oxygen atoms in total. The third kappa shape index (κ3) is 3.02. The Morgan fingerprint density at radius 1 is 1.21 bits per heavy atom. The van der Waals surface area contributed by atoms with Crippen LogP contribution in [0.5, 0.6) is 0 Å². The van der Waals surface area contributed by atoms with Gasteiger partial charge in [0.1, 0.15) is 11.9 Å². The third-order valence-corrected chi connectivity index (χ3v) is 6.21. The lowest BCUT2D eigenvalue weighted by atomic mass is 9.90. The van der Waals surface area contributed by atoms with Crippen molar-refractivity contribution in [3.8, 4) is 17.5 Å². The van der Waals surface area contributed by atoms with Gasteiger partial charge >= 0.3 is 0 Å². The fourth-order valence-electron chi connectivity index (χ4n) is 4.19. The van der Waals surface area contributed by atoms with E-state index >= 15 is 0 Å². The Balaban J connectivity index is 1.26. The molecule has 1 saturated carbocycles. The van der Waals surface area contributed by atoms with Gasteiger partial charge in [-0.2, -0.15) is 10.2 Å². The normalized spacial score (nSPS) is 20.1. The Labute approximate surface area is 167 Å². The van der Waals surface area contributed by atoms with Crippen molar-refractivity contribution in [1.29, 1.82) is 5.26 Å². The fraction of sp³-hybridized carbons (Fsp3) is 0.333. The van der Waals surface area contributed by atoms with Gasteiger partial charge in [-0.15, -0.1) is 0 Å². The van der Waals surface area contributed by atoms with E-state index in [1.165, 1.54) is 0 Å². The standard InChI is InChI=1S/C21H18ClN5O/c22-16-3-1-2-15(10-16)19-25-20(28-26-19)17-11-21(17)6-8-27(9-7-21)18-5-4-14(12-23)13-24-18/h1-5,10,13,17H,6-9,11H2. The number of aromatic nitrogens is 3. The molecule has 1 aliphatic heterocycles. The second-order valence-corrected chi connectivity index (χ2v) is 8.03. The SMILES string of the molecule is N#Cc1ccc(N2CCC3(CC2)CC3c2nc(-c3cccc(Cl)c3)no2)nc1. The van der Waals surface area contributed by atoms with Gasteiger partial charge in [-0.3, -0.25) is 0 Å². The Morgan fingerprint density at radius 2 is 2.07 bits per heavy atom. The molecule has 2 aliphatic rings. The van der Waals surface area contributed by atoms with Gasteiger partial charge in [0.05, 0.1) is 5.56 Å². The third-order valence-electron chi connectivity index (χ3n) is 5.97. The smallest absolute Gasteiger partial charge is 0.230 e. The number of pyridine rings is 1. The van der Waals surface area contributed by atoms with Crippen LogP contribution in [0.25, 0.3) is 11.4 Å². The van der Waals surface area contributed by atoms with Crippen LogP contribution in [0.15, 0.2) is 47.1 Å². The number of hydrogen-bond acceptors (Lipinski definition) is 6. The summed E-state index contributed by atoms with van der Waals surface area (Å²) in [7, 11) is 0. The first-order valence-electron chi connectivity index (χ1n) is 9.37. The van der Waals surface area contributed by atoms with Crippen LogP contribution < -0.4 is 4.90 Å². The van der Waals surface area contributed by atoms with Crippen LogP contribution in [-0.4, -0.2) is 28.2 Å². The Morgan fingerprint density at radius 3 is 2.79 bits per heavy atom. The van der Waals surface area contributed by atoms with E-state index in [-0.39, 0.29) is 5.41 Å². The molecule has 1 aliphatic carbocycles. The lowest BCUT2D eigenvalue weighted by Crippen LogP contribution is -2.35. The van der Waals surface area contributed by atoms with Crippen molar-refractivity contribution >= 4 is 17.4 Å². The maximum absolute atomic E-state index is 8.91. The molecule has 140 valence electrons. The molecular formula is C21H18ClN5O. The molecule has 5 rings (SSSR count). The highest BCUT2D eigenvalue weighted by Gasteiger charge is 2.58. The summed E-state index contributed by atoms with van der Waals surface area (Å²) in [5.74, 6) is 2.61. The molecule has 2 aromatic heterocycles. The molecule has 1 saturated heterocycles. The zero-order valence-corrected chi connectivity index (χ0v) is 15.9. The molecule has 3 heterocycles. The number of benzene rings is 1. The van der Waals surface area contributed by atoms with Crippen molar-refractivity contribution in [1.82, 2.24) is 15.1 Å². The highest BCUT2D eigenvalue weighted by molar-refractivity contribution is 6.30. The van der Waals surface area contributed by atoms with Crippen LogP contribution in [-0.2, 0) is 0 Å². The van der Waals surface area contributed by atoms with E-state index in [1.54, 1.807) is 6.20 Å². The van der Waals surface area contributed by atoms with E-state index in [4.69, 9.17) is 21.4 Å². The van der Waals surface area contributed by atoms with Gasteiger partial charge in [-0.05, 0) is 48.9 Å². The lowest BCUT2D eigenvalue weighted by Gasteiger charge is -2.33. The summed E-state index contributed by atoms with van der Waals surface area (Å²) in [6.07, 6.45) is 4.89. The van der Waals surface area contributed by atoms with E-state index in [2.05, 4.69) is 26.1 Å². The predicted octanol–water partition coefficient (Wildman–Crippen LogP) is 4.43. The number of nitrogens with zero attached hydrogens (tertiary/aromatic N) is 5. The van der Waals surface area contributed by atoms with E-state index in [9.17, 15) is 0 Å². The van der Waals surface area contributed by atoms with Crippen LogP contribution in [0.1, 0.15) is 36.6 Å². The van der Waals surface area contributed by atoms with Crippen LogP contribution in [0.3, 0.4) is 0 Å². The Hall–Kier alpha value is -2.91. The van der Waals surface area contributed by atoms with Crippen molar-refractivity contribution < 1.29 is 4.52 Å². The zero-order valence-electron chi connectivity index (χ0n) is 15.2. The maximum atomic E-state index is 8.91. The molecular weight excluding hydrogens is 374 g/mol. The highest BCUT2D eigenvalue weighted by Crippen LogP contribution is 2.64. The van der Waals surface area contributed by atoms with E-state index in [0.717, 1.165) is 49.6 Å². The van der Waals surface area contributed by atoms with Gasteiger partial charge in [0, 0.05) is 35.8 Å². The first-order chi connectivity index (χ1) is 13.7. The molecule has 0 bridgehead atoms. The zero-order chi connectivity index (χ0) is 19.1. The van der Waals surface area contributed by atoms with Crippen molar-refractivity contribution in [2.75, 3.05) is 18.0 Å². The van der Waals surface area contributed by atoms with Gasteiger partial charge in [0.25, 0.3) is 0 Å². The number of piperidine rings is 1. The molecule has 1 atom stereocenters. The average molecular weight is 392 g/mol. The monoisotopic (exact) mass is 391 g/mol. The molecule has 1 unspecified atom stereocenters. The summed E-state index contributed by atoms with van der Waals surface area (Å²) in [5, 5.41) is 13.7. The molecule has 7 heteroatoms. The second-order valence-electron chi connectivity index (χ2n) is 7.59. The van der Waals surface area contributed by atoms with E-state index < -0.39 is 0 Å². The minimum absolute atomic E-state index is 0.265. The molecule has 1 aromatic carbocycles. The number of nitriles is 1. The lowest BCUT2D eigenvalue weighted by molar-refractivity contribution is 0.326. The van der Waals surface area contributed by atoms with Crippen molar-refractivity contribution in [3.63, 3.8) is 0 Å². The van der Waals surface area contributed by atoms with E-state index in [1.807, 2.05) is 36.4 Å². The number of rotatable bonds is 3. The molecule has 1 spiro atoms. The molecule has 0 N–H and O–H groups in total. The summed E-state index contributed by atoms with van der Waals surface area (Å²) in [4.78, 5) is 11.3. The van der Waals surface area contributed by atoms with E-state index in [0.29, 0.717) is 22.3 Å². The molecule has 28 heavy (non-hydrogen) atoms. The summed E-state index contributed by atoms with van der Waals surface area (Å²) in [6.45, 7) is 1.90. The summed E-state index contributed by atoms with van der Waals surface area (Å²) in [6, 6.07) is 13.4. The fourth-order valence-corrected chi connectivity index (χ4v) is 4.38. The van der Waals surface area contributed by atoms with Crippen LogP contribution >= 0.6 is 11.6 Å². The molecule has 3 aromatic rings. The largest absolute Gasteiger partial charge is 0.357 e. The molecule has 0 radical (unpaired) electrons. The van der Waals surface area contributed by atoms with Crippen molar-refractivity contribution in [3.05, 3.63) is 59.1 Å². The summed E-state index contributed by atoms with van der Waals surface area (Å²) in [5.41, 5.74) is 1.73. The van der Waals surface area contributed by atoms with Crippen molar-refractivity contribution in [2.45, 2.75) is 25.2 Å².